The van der Waals surface area contributed by atoms with Crippen LogP contribution in [0.3, 0.4) is 0 Å². The molecule has 1 fully saturated rings. The molecule has 0 saturated carbocycles. The van der Waals surface area contributed by atoms with E-state index in [1.54, 1.807) is 18.5 Å². The first-order chi connectivity index (χ1) is 23.4. The molecule has 4 aliphatic rings. The van der Waals surface area contributed by atoms with Crippen molar-refractivity contribution in [2.24, 2.45) is 22.4 Å². The van der Waals surface area contributed by atoms with Crippen LogP contribution < -0.4 is 11.5 Å². The van der Waals surface area contributed by atoms with Crippen molar-refractivity contribution < 1.29 is 34.6 Å². The fraction of sp³-hybridized carbons (Fsp3) is 0.500. The maximum Gasteiger partial charge on any atom is 0.161 e. The first kappa shape index (κ1) is 38.8. The summed E-state index contributed by atoms with van der Waals surface area (Å²) in [5.41, 5.74) is 15.9. The standard InChI is InChI=1S/C17H18N2O3.C17H25NO4.2C2H6/c18-10-16-12-5-6-14(20)17(21)13(12)9-15(22-16)11-3-1-7-19-8-2-4-11;18-10-16-12-5-6-14(19)17(20)13(12)9-15(22-16)11-3-1-7-21-8-2-4-11;2*1-2/h1-8,15-16,20-21H,9-10,18H2;5-6,11,15-16,19-20H,1-4,7-10,18H2;2*1-2H3/b3-1?,4-2?,7-1-,8-2?,11-3?,11-4?,19-7?,19-8?;;;. The molecular weight excluding hydrogens is 610 g/mol. The van der Waals surface area contributed by atoms with Gasteiger partial charge in [-0.05, 0) is 72.6 Å². The van der Waals surface area contributed by atoms with Gasteiger partial charge in [0.1, 0.15) is 0 Å². The molecule has 1 saturated heterocycles. The summed E-state index contributed by atoms with van der Waals surface area (Å²) < 4.78 is 17.8. The van der Waals surface area contributed by atoms with E-state index in [0.717, 1.165) is 61.2 Å². The summed E-state index contributed by atoms with van der Waals surface area (Å²) in [5, 5.41) is 39.9. The Hall–Kier alpha value is -3.67. The molecule has 0 spiro atoms. The van der Waals surface area contributed by atoms with Crippen molar-refractivity contribution in [3.05, 3.63) is 82.6 Å². The van der Waals surface area contributed by atoms with E-state index in [0.29, 0.717) is 37.4 Å². The molecule has 8 N–H and O–H groups in total. The minimum absolute atomic E-state index is 0.0153. The van der Waals surface area contributed by atoms with Gasteiger partial charge in [0.2, 0.25) is 0 Å². The normalized spacial score (nSPS) is 24.1. The number of nitrogens with two attached hydrogens (primary N) is 2. The first-order valence-electron chi connectivity index (χ1n) is 17.3. The number of rotatable bonds is 4. The zero-order valence-electron chi connectivity index (χ0n) is 28.8. The molecule has 4 heterocycles. The van der Waals surface area contributed by atoms with Gasteiger partial charge < -0.3 is 46.1 Å². The topological polar surface area (TPSA) is 173 Å². The van der Waals surface area contributed by atoms with Gasteiger partial charge in [-0.25, -0.2) is 0 Å². The van der Waals surface area contributed by atoms with Crippen LogP contribution >= 0.6 is 0 Å². The van der Waals surface area contributed by atoms with Crippen molar-refractivity contribution >= 4 is 6.21 Å². The summed E-state index contributed by atoms with van der Waals surface area (Å²) in [6.07, 6.45) is 15.6. The SMILES string of the molecule is CC.CC.NCC1OC(C2=C/C=C\N=CC=C2)Cc2c1ccc(O)c2O.NCC1OC(C2CCCOCCC2)Cc2c1ccc(O)c2O. The van der Waals surface area contributed by atoms with Crippen molar-refractivity contribution in [2.45, 2.75) is 90.6 Å². The number of aromatic hydroxyl groups is 4. The highest BCUT2D eigenvalue weighted by molar-refractivity contribution is 5.73. The van der Waals surface area contributed by atoms with Crippen LogP contribution in [0, 0.1) is 5.92 Å². The summed E-state index contributed by atoms with van der Waals surface area (Å²) >= 11 is 0. The smallest absolute Gasteiger partial charge is 0.161 e. The lowest BCUT2D eigenvalue weighted by Gasteiger charge is -2.37. The Kier molecular flexibility index (Phi) is 16.1. The second-order valence-electron chi connectivity index (χ2n) is 11.5. The molecule has 10 heteroatoms. The Morgan fingerprint density at radius 3 is 1.90 bits per heavy atom. The number of phenols is 4. The third-order valence-corrected chi connectivity index (χ3v) is 8.73. The monoisotopic (exact) mass is 665 g/mol. The number of aliphatic imine (C=N–C) groups is 1. The van der Waals surface area contributed by atoms with Crippen molar-refractivity contribution in [3.8, 4) is 23.0 Å². The van der Waals surface area contributed by atoms with Gasteiger partial charge >= 0.3 is 0 Å². The Morgan fingerprint density at radius 2 is 1.31 bits per heavy atom. The van der Waals surface area contributed by atoms with E-state index < -0.39 is 0 Å². The van der Waals surface area contributed by atoms with Gasteiger partial charge in [0.15, 0.2) is 23.0 Å². The van der Waals surface area contributed by atoms with Gasteiger partial charge in [-0.1, -0.05) is 52.0 Å². The molecule has 4 unspecified atom stereocenters. The van der Waals surface area contributed by atoms with E-state index in [4.69, 9.17) is 25.7 Å². The molecule has 48 heavy (non-hydrogen) atoms. The molecule has 4 atom stereocenters. The predicted molar refractivity (Wildman–Crippen MR) is 191 cm³/mol. The number of allylic oxidation sites excluding steroid dienone is 3. The van der Waals surface area contributed by atoms with Crippen LogP contribution in [0.15, 0.2) is 65.3 Å². The summed E-state index contributed by atoms with van der Waals surface area (Å²) in [7, 11) is 0. The van der Waals surface area contributed by atoms with Crippen LogP contribution in [0.1, 0.15) is 87.8 Å². The maximum absolute atomic E-state index is 10.2. The fourth-order valence-electron chi connectivity index (χ4n) is 6.43. The fourth-order valence-corrected chi connectivity index (χ4v) is 6.43. The van der Waals surface area contributed by atoms with Crippen molar-refractivity contribution in [1.82, 2.24) is 0 Å². The van der Waals surface area contributed by atoms with E-state index in [9.17, 15) is 20.4 Å². The number of fused-ring (bicyclic) bond motifs is 2. The van der Waals surface area contributed by atoms with Gasteiger partial charge in [0.05, 0.1) is 24.4 Å². The average molecular weight is 666 g/mol. The van der Waals surface area contributed by atoms with Crippen LogP contribution in [0.5, 0.6) is 23.0 Å². The second kappa shape index (κ2) is 20.0. The number of nitrogens with zero attached hydrogens (tertiary/aromatic N) is 1. The first-order valence-corrected chi connectivity index (χ1v) is 17.3. The van der Waals surface area contributed by atoms with Crippen LogP contribution in [-0.2, 0) is 27.1 Å². The van der Waals surface area contributed by atoms with Gasteiger partial charge in [0, 0.05) is 62.7 Å². The lowest BCUT2D eigenvalue weighted by Crippen LogP contribution is -2.36. The van der Waals surface area contributed by atoms with Gasteiger partial charge in [-0.15, -0.1) is 0 Å². The largest absolute Gasteiger partial charge is 0.504 e. The van der Waals surface area contributed by atoms with Crippen LogP contribution in [-0.4, -0.2) is 65.2 Å². The zero-order valence-corrected chi connectivity index (χ0v) is 28.8. The molecule has 2 aromatic rings. The third kappa shape index (κ3) is 9.70. The number of benzene rings is 2. The van der Waals surface area contributed by atoms with Gasteiger partial charge in [0.25, 0.3) is 0 Å². The zero-order chi connectivity index (χ0) is 35.1. The van der Waals surface area contributed by atoms with Crippen molar-refractivity contribution in [2.75, 3.05) is 26.3 Å². The van der Waals surface area contributed by atoms with E-state index in [-0.39, 0.29) is 47.4 Å². The van der Waals surface area contributed by atoms with E-state index in [1.807, 2.05) is 58.1 Å². The molecule has 2 aromatic carbocycles. The summed E-state index contributed by atoms with van der Waals surface area (Å²) in [5.74, 6) is 0.161. The number of hydrogen-bond acceptors (Lipinski definition) is 10. The Labute approximate surface area is 285 Å². The summed E-state index contributed by atoms with van der Waals surface area (Å²) in [4.78, 5) is 4.03. The third-order valence-electron chi connectivity index (χ3n) is 8.73. The van der Waals surface area contributed by atoms with Crippen molar-refractivity contribution in [3.63, 3.8) is 0 Å². The lowest BCUT2D eigenvalue weighted by molar-refractivity contribution is -0.0616. The molecule has 0 amide bonds. The highest BCUT2D eigenvalue weighted by atomic mass is 16.5. The van der Waals surface area contributed by atoms with Crippen molar-refractivity contribution in [1.29, 1.82) is 0 Å². The maximum atomic E-state index is 10.2. The minimum Gasteiger partial charge on any atom is -0.504 e. The highest BCUT2D eigenvalue weighted by Crippen LogP contribution is 2.43. The van der Waals surface area contributed by atoms with Gasteiger partial charge in [-0.3, -0.25) is 4.99 Å². The predicted octanol–water partition coefficient (Wildman–Crippen LogP) is 6.42. The molecule has 264 valence electrons. The molecule has 0 aromatic heterocycles. The average Bonchev–Trinajstić information content (AvgIpc) is 3.09. The molecule has 10 nitrogen and oxygen atoms in total. The second-order valence-corrected chi connectivity index (χ2v) is 11.5. The molecule has 4 aliphatic heterocycles. The van der Waals surface area contributed by atoms with Gasteiger partial charge in [-0.2, -0.15) is 0 Å². The quantitative estimate of drug-likeness (QED) is 0.202. The summed E-state index contributed by atoms with van der Waals surface area (Å²) in [6, 6.07) is 6.54. The van der Waals surface area contributed by atoms with E-state index >= 15 is 0 Å². The van der Waals surface area contributed by atoms with E-state index in [1.165, 1.54) is 12.1 Å². The Morgan fingerprint density at radius 1 is 0.750 bits per heavy atom. The van der Waals surface area contributed by atoms with Crippen LogP contribution in [0.2, 0.25) is 0 Å². The molecule has 0 aliphatic carbocycles. The molecule has 6 rings (SSSR count). The number of hydrogen-bond donors (Lipinski definition) is 6. The Balaban J connectivity index is 0.000000236. The highest BCUT2D eigenvalue weighted by Gasteiger charge is 2.34. The lowest BCUT2D eigenvalue weighted by atomic mass is 9.83. The van der Waals surface area contributed by atoms with Crippen LogP contribution in [0.4, 0.5) is 0 Å². The summed E-state index contributed by atoms with van der Waals surface area (Å²) in [6.45, 7) is 10.3. The molecular formula is C38H55N3O7. The Bertz CT molecular complexity index is 1410. The molecule has 0 bridgehead atoms. The van der Waals surface area contributed by atoms with E-state index in [2.05, 4.69) is 4.99 Å². The number of phenolic OH excluding ortho intramolecular Hbond substituents is 4. The van der Waals surface area contributed by atoms with Crippen LogP contribution in [0.25, 0.3) is 0 Å². The molecule has 0 radical (unpaired) electrons. The minimum atomic E-state index is -0.308. The number of ether oxygens (including phenoxy) is 3.